The molecule has 0 saturated carbocycles. The molecule has 2 heterocycles. The van der Waals surface area contributed by atoms with Crippen molar-refractivity contribution in [1.82, 2.24) is 19.3 Å². The van der Waals surface area contributed by atoms with E-state index in [2.05, 4.69) is 14.8 Å². The van der Waals surface area contributed by atoms with E-state index in [0.717, 1.165) is 33.6 Å². The third-order valence-electron chi connectivity index (χ3n) is 4.49. The second kappa shape index (κ2) is 7.29. The first-order chi connectivity index (χ1) is 12.3. The van der Waals surface area contributed by atoms with Crippen LogP contribution in [0.5, 0.6) is 0 Å². The Balaban J connectivity index is 1.89. The largest absolute Gasteiger partial charge is 0.318 e. The lowest BCUT2D eigenvalue weighted by Gasteiger charge is -2.12. The van der Waals surface area contributed by atoms with E-state index in [1.165, 1.54) is 11.8 Å². The molecule has 7 heteroatoms. The number of hydrogen-bond acceptors (Lipinski definition) is 4. The topological polar surface area (TPSA) is 52.7 Å². The number of carbonyl (C=O) groups excluding carboxylic acids is 1. The molecule has 1 atom stereocenters. The number of aromatic nitrogens is 4. The fourth-order valence-electron chi connectivity index (χ4n) is 2.92. The van der Waals surface area contributed by atoms with E-state index in [1.54, 1.807) is 0 Å². The van der Waals surface area contributed by atoms with Crippen LogP contribution in [0, 0.1) is 20.8 Å². The van der Waals surface area contributed by atoms with Crippen molar-refractivity contribution in [2.75, 3.05) is 0 Å². The van der Waals surface area contributed by atoms with Gasteiger partial charge in [-0.05, 0) is 58.0 Å². The van der Waals surface area contributed by atoms with Gasteiger partial charge in [-0.3, -0.25) is 4.79 Å². The third kappa shape index (κ3) is 3.44. The summed E-state index contributed by atoms with van der Waals surface area (Å²) in [4.78, 5) is 13.0. The Labute approximate surface area is 162 Å². The van der Waals surface area contributed by atoms with Gasteiger partial charge in [-0.1, -0.05) is 23.4 Å². The highest BCUT2D eigenvalue weighted by Gasteiger charge is 2.24. The third-order valence-corrected chi connectivity index (χ3v) is 5.87. The molecule has 0 spiro atoms. The number of nitrogens with zero attached hydrogens (tertiary/aromatic N) is 4. The quantitative estimate of drug-likeness (QED) is 0.475. The summed E-state index contributed by atoms with van der Waals surface area (Å²) in [5.74, 6) is 0.914. The molecule has 0 N–H and O–H groups in total. The second-order valence-electron chi connectivity index (χ2n) is 6.31. The molecule has 136 valence electrons. The number of thioether (sulfide) groups is 1. The van der Waals surface area contributed by atoms with Gasteiger partial charge in [0.25, 0.3) is 0 Å². The maximum Gasteiger partial charge on any atom is 0.191 e. The zero-order valence-corrected chi connectivity index (χ0v) is 17.0. The molecule has 0 amide bonds. The lowest BCUT2D eigenvalue weighted by molar-refractivity contribution is 0.0993. The Morgan fingerprint density at radius 2 is 1.81 bits per heavy atom. The predicted octanol–water partition coefficient (Wildman–Crippen LogP) is 4.55. The van der Waals surface area contributed by atoms with Crippen molar-refractivity contribution < 1.29 is 4.79 Å². The summed E-state index contributed by atoms with van der Waals surface area (Å²) in [6.45, 7) is 7.77. The molecule has 1 aromatic carbocycles. The van der Waals surface area contributed by atoms with Crippen molar-refractivity contribution in [2.45, 2.75) is 38.1 Å². The average molecular weight is 389 g/mol. The van der Waals surface area contributed by atoms with Crippen LogP contribution >= 0.6 is 23.4 Å². The highest BCUT2D eigenvalue weighted by atomic mass is 35.5. The summed E-state index contributed by atoms with van der Waals surface area (Å²) in [5.41, 5.74) is 3.67. The van der Waals surface area contributed by atoms with Crippen LogP contribution in [0.15, 0.2) is 35.5 Å². The van der Waals surface area contributed by atoms with E-state index in [9.17, 15) is 4.79 Å². The van der Waals surface area contributed by atoms with Crippen LogP contribution in [0.25, 0.3) is 5.69 Å². The fourth-order valence-corrected chi connectivity index (χ4v) is 3.98. The molecule has 3 rings (SSSR count). The minimum Gasteiger partial charge on any atom is -0.318 e. The summed E-state index contributed by atoms with van der Waals surface area (Å²) < 4.78 is 3.97. The van der Waals surface area contributed by atoms with Crippen molar-refractivity contribution in [3.05, 3.63) is 58.1 Å². The highest BCUT2D eigenvalue weighted by molar-refractivity contribution is 8.00. The Morgan fingerprint density at radius 3 is 2.38 bits per heavy atom. The number of aryl methyl sites for hydroxylation is 2. The maximum atomic E-state index is 13.0. The normalized spacial score (nSPS) is 12.4. The number of ketones is 1. The van der Waals surface area contributed by atoms with Crippen LogP contribution in [-0.2, 0) is 7.05 Å². The first-order valence-corrected chi connectivity index (χ1v) is 9.57. The molecule has 0 fully saturated rings. The molecule has 0 unspecified atom stereocenters. The van der Waals surface area contributed by atoms with Gasteiger partial charge in [-0.25, -0.2) is 0 Å². The van der Waals surface area contributed by atoms with Crippen molar-refractivity contribution in [2.24, 2.45) is 7.05 Å². The summed E-state index contributed by atoms with van der Waals surface area (Å²) in [7, 11) is 1.90. The molecular weight excluding hydrogens is 368 g/mol. The molecule has 0 saturated heterocycles. The van der Waals surface area contributed by atoms with Crippen LogP contribution < -0.4 is 0 Å². The number of Topliss-reactive ketones (excluding diaryl/α,β-unsaturated/α-hetero) is 1. The summed E-state index contributed by atoms with van der Waals surface area (Å²) in [6, 6.07) is 9.57. The van der Waals surface area contributed by atoms with E-state index < -0.39 is 0 Å². The first-order valence-electron chi connectivity index (χ1n) is 8.31. The minimum absolute atomic E-state index is 0.0870. The maximum absolute atomic E-state index is 13.0. The molecule has 0 bridgehead atoms. The van der Waals surface area contributed by atoms with Crippen LogP contribution in [0.3, 0.4) is 0 Å². The summed E-state index contributed by atoms with van der Waals surface area (Å²) in [6.07, 6.45) is 0. The van der Waals surface area contributed by atoms with Crippen LogP contribution in [0.4, 0.5) is 0 Å². The van der Waals surface area contributed by atoms with Crippen molar-refractivity contribution in [3.8, 4) is 5.69 Å². The smallest absolute Gasteiger partial charge is 0.191 e. The number of halogens is 1. The van der Waals surface area contributed by atoms with Gasteiger partial charge in [0.1, 0.15) is 5.82 Å². The van der Waals surface area contributed by atoms with Gasteiger partial charge >= 0.3 is 0 Å². The van der Waals surface area contributed by atoms with Crippen LogP contribution in [-0.4, -0.2) is 30.4 Å². The van der Waals surface area contributed by atoms with Gasteiger partial charge in [0.15, 0.2) is 10.9 Å². The van der Waals surface area contributed by atoms with E-state index in [1.807, 2.05) is 69.6 Å². The predicted molar refractivity (Wildman–Crippen MR) is 106 cm³/mol. The van der Waals surface area contributed by atoms with Crippen molar-refractivity contribution in [1.29, 1.82) is 0 Å². The van der Waals surface area contributed by atoms with Gasteiger partial charge in [0.05, 0.1) is 5.25 Å². The fraction of sp³-hybridized carbons (Fsp3) is 0.316. The molecule has 26 heavy (non-hydrogen) atoms. The molecule has 2 aromatic heterocycles. The van der Waals surface area contributed by atoms with E-state index in [4.69, 9.17) is 11.6 Å². The van der Waals surface area contributed by atoms with Crippen molar-refractivity contribution in [3.63, 3.8) is 0 Å². The molecular formula is C19H21ClN4OS. The average Bonchev–Trinajstić information content (AvgIpc) is 3.08. The number of carbonyl (C=O) groups is 1. The Hall–Kier alpha value is -2.05. The van der Waals surface area contributed by atoms with E-state index in [0.29, 0.717) is 5.02 Å². The first kappa shape index (κ1) is 18.7. The van der Waals surface area contributed by atoms with Gasteiger partial charge in [0, 0.05) is 34.7 Å². The lowest BCUT2D eigenvalue weighted by atomic mass is 10.1. The second-order valence-corrected chi connectivity index (χ2v) is 8.05. The zero-order chi connectivity index (χ0) is 19.0. The minimum atomic E-state index is -0.253. The number of hydrogen-bond donors (Lipinski definition) is 0. The Morgan fingerprint density at radius 1 is 1.15 bits per heavy atom. The van der Waals surface area contributed by atoms with E-state index >= 15 is 0 Å². The molecule has 0 aliphatic carbocycles. The monoisotopic (exact) mass is 388 g/mol. The standard InChI is InChI=1S/C19H21ClN4OS/c1-11-10-17(12(2)24(11)16-8-6-15(20)7-9-16)18(25)13(3)26-19-22-21-14(4)23(19)5/h6-10,13H,1-5H3/t13-/m1/s1. The summed E-state index contributed by atoms with van der Waals surface area (Å²) in [5, 5.41) is 9.37. The van der Waals surface area contributed by atoms with Gasteiger partial charge < -0.3 is 9.13 Å². The van der Waals surface area contributed by atoms with Crippen molar-refractivity contribution >= 4 is 29.1 Å². The van der Waals surface area contributed by atoms with Gasteiger partial charge in [0.2, 0.25) is 0 Å². The molecule has 0 aliphatic heterocycles. The van der Waals surface area contributed by atoms with Gasteiger partial charge in [-0.15, -0.1) is 10.2 Å². The molecule has 0 radical (unpaired) electrons. The Bertz CT molecular complexity index is 959. The van der Waals surface area contributed by atoms with Crippen LogP contribution in [0.2, 0.25) is 5.02 Å². The number of benzene rings is 1. The van der Waals surface area contributed by atoms with Crippen LogP contribution in [0.1, 0.15) is 34.5 Å². The molecule has 3 aromatic rings. The number of rotatable bonds is 5. The zero-order valence-electron chi connectivity index (χ0n) is 15.4. The highest BCUT2D eigenvalue weighted by Crippen LogP contribution is 2.28. The Kier molecular flexibility index (Phi) is 5.25. The van der Waals surface area contributed by atoms with E-state index in [-0.39, 0.29) is 11.0 Å². The SMILES string of the molecule is Cc1nnc(S[C@H](C)C(=O)c2cc(C)n(-c3ccc(Cl)cc3)c2C)n1C. The molecule has 0 aliphatic rings. The summed E-state index contributed by atoms with van der Waals surface area (Å²) >= 11 is 7.42. The van der Waals surface area contributed by atoms with Gasteiger partial charge in [-0.2, -0.15) is 0 Å². The molecule has 5 nitrogen and oxygen atoms in total. The lowest BCUT2D eigenvalue weighted by Crippen LogP contribution is -2.15.